The van der Waals surface area contributed by atoms with Crippen molar-refractivity contribution in [1.82, 2.24) is 10.3 Å². The standard InChI is InChI=1S/C12H20N2O2/c1-4-12(3,16)8-13-7-10-11(15)6-5-9(2)14-10/h5-6,13,15-16H,4,7-8H2,1-3H3. The second-order valence-electron chi connectivity index (χ2n) is 4.37. The maximum absolute atomic E-state index is 9.78. The highest BCUT2D eigenvalue weighted by Crippen LogP contribution is 2.14. The average Bonchev–Trinajstić information content (AvgIpc) is 2.23. The van der Waals surface area contributed by atoms with E-state index >= 15 is 0 Å². The number of nitrogens with one attached hydrogen (secondary N) is 1. The zero-order valence-electron chi connectivity index (χ0n) is 10.1. The maximum atomic E-state index is 9.78. The monoisotopic (exact) mass is 224 g/mol. The van der Waals surface area contributed by atoms with Gasteiger partial charge in [0.15, 0.2) is 0 Å². The smallest absolute Gasteiger partial charge is 0.138 e. The molecule has 1 aromatic rings. The molecule has 1 heterocycles. The van der Waals surface area contributed by atoms with Crippen LogP contribution in [0.25, 0.3) is 0 Å². The van der Waals surface area contributed by atoms with Gasteiger partial charge in [-0.3, -0.25) is 4.98 Å². The molecule has 1 unspecified atom stereocenters. The number of aliphatic hydroxyl groups is 1. The van der Waals surface area contributed by atoms with Crippen LogP contribution in [0, 0.1) is 6.92 Å². The number of pyridine rings is 1. The van der Waals surface area contributed by atoms with Crippen LogP contribution < -0.4 is 5.32 Å². The number of hydrogen-bond donors (Lipinski definition) is 3. The quantitative estimate of drug-likeness (QED) is 0.706. The number of aromatic hydroxyl groups is 1. The molecule has 0 bridgehead atoms. The van der Waals surface area contributed by atoms with Gasteiger partial charge in [0.1, 0.15) is 5.75 Å². The molecule has 0 saturated carbocycles. The Labute approximate surface area is 96.3 Å². The topological polar surface area (TPSA) is 65.4 Å². The van der Waals surface area contributed by atoms with E-state index in [2.05, 4.69) is 10.3 Å². The first-order valence-electron chi connectivity index (χ1n) is 5.53. The summed E-state index contributed by atoms with van der Waals surface area (Å²) in [6.45, 7) is 6.54. The highest BCUT2D eigenvalue weighted by atomic mass is 16.3. The minimum Gasteiger partial charge on any atom is -0.506 e. The fourth-order valence-corrected chi connectivity index (χ4v) is 1.31. The predicted molar refractivity (Wildman–Crippen MR) is 63.3 cm³/mol. The fraction of sp³-hybridized carbons (Fsp3) is 0.583. The molecule has 0 aromatic carbocycles. The van der Waals surface area contributed by atoms with Gasteiger partial charge in [-0.15, -0.1) is 0 Å². The van der Waals surface area contributed by atoms with Gasteiger partial charge in [0.25, 0.3) is 0 Å². The second kappa shape index (κ2) is 5.27. The summed E-state index contributed by atoms with van der Waals surface area (Å²) in [7, 11) is 0. The summed E-state index contributed by atoms with van der Waals surface area (Å²) < 4.78 is 0. The summed E-state index contributed by atoms with van der Waals surface area (Å²) in [5.41, 5.74) is 0.781. The van der Waals surface area contributed by atoms with E-state index in [-0.39, 0.29) is 5.75 Å². The molecule has 16 heavy (non-hydrogen) atoms. The van der Waals surface area contributed by atoms with E-state index in [0.29, 0.717) is 25.2 Å². The Kier molecular flexibility index (Phi) is 4.26. The molecule has 0 aliphatic heterocycles. The molecule has 4 heteroatoms. The molecule has 0 saturated heterocycles. The molecule has 0 radical (unpaired) electrons. The first kappa shape index (κ1) is 12.9. The highest BCUT2D eigenvalue weighted by molar-refractivity contribution is 5.27. The SMILES string of the molecule is CCC(C)(O)CNCc1nc(C)ccc1O. The van der Waals surface area contributed by atoms with Crippen molar-refractivity contribution in [2.45, 2.75) is 39.3 Å². The van der Waals surface area contributed by atoms with Crippen LogP contribution in [0.2, 0.25) is 0 Å². The van der Waals surface area contributed by atoms with Gasteiger partial charge in [0, 0.05) is 18.8 Å². The van der Waals surface area contributed by atoms with Crippen molar-refractivity contribution in [3.63, 3.8) is 0 Å². The zero-order chi connectivity index (χ0) is 12.2. The molecular weight excluding hydrogens is 204 g/mol. The maximum Gasteiger partial charge on any atom is 0.138 e. The number of aryl methyl sites for hydroxylation is 1. The van der Waals surface area contributed by atoms with Gasteiger partial charge in [-0.05, 0) is 32.4 Å². The summed E-state index contributed by atoms with van der Waals surface area (Å²) in [6, 6.07) is 3.40. The minimum absolute atomic E-state index is 0.189. The van der Waals surface area contributed by atoms with Gasteiger partial charge in [0.05, 0.1) is 11.3 Å². The molecule has 1 atom stereocenters. The van der Waals surface area contributed by atoms with E-state index in [9.17, 15) is 10.2 Å². The van der Waals surface area contributed by atoms with Gasteiger partial charge in [-0.25, -0.2) is 0 Å². The van der Waals surface area contributed by atoms with Crippen LogP contribution in [-0.2, 0) is 6.54 Å². The first-order chi connectivity index (χ1) is 7.44. The fourth-order valence-electron chi connectivity index (χ4n) is 1.31. The lowest BCUT2D eigenvalue weighted by atomic mass is 10.0. The van der Waals surface area contributed by atoms with Crippen molar-refractivity contribution in [1.29, 1.82) is 0 Å². The van der Waals surface area contributed by atoms with Crippen molar-refractivity contribution < 1.29 is 10.2 Å². The first-order valence-corrected chi connectivity index (χ1v) is 5.53. The molecule has 4 nitrogen and oxygen atoms in total. The average molecular weight is 224 g/mol. The van der Waals surface area contributed by atoms with Gasteiger partial charge >= 0.3 is 0 Å². The van der Waals surface area contributed by atoms with Crippen LogP contribution in [0.15, 0.2) is 12.1 Å². The third-order valence-corrected chi connectivity index (χ3v) is 2.65. The Balaban J connectivity index is 2.52. The summed E-state index contributed by atoms with van der Waals surface area (Å²) in [4.78, 5) is 4.22. The third-order valence-electron chi connectivity index (χ3n) is 2.65. The molecule has 3 N–H and O–H groups in total. The van der Waals surface area contributed by atoms with Crippen molar-refractivity contribution in [3.05, 3.63) is 23.5 Å². The predicted octanol–water partition coefficient (Wildman–Crippen LogP) is 1.35. The van der Waals surface area contributed by atoms with Gasteiger partial charge in [-0.2, -0.15) is 0 Å². The molecule has 90 valence electrons. The van der Waals surface area contributed by atoms with Crippen LogP contribution in [0.1, 0.15) is 31.7 Å². The Hall–Kier alpha value is -1.13. The molecule has 1 aromatic heterocycles. The second-order valence-corrected chi connectivity index (χ2v) is 4.37. The normalized spacial score (nSPS) is 14.8. The van der Waals surface area contributed by atoms with E-state index < -0.39 is 5.60 Å². The molecule has 0 amide bonds. The Morgan fingerprint density at radius 2 is 2.12 bits per heavy atom. The van der Waals surface area contributed by atoms with E-state index in [1.54, 1.807) is 19.1 Å². The van der Waals surface area contributed by atoms with Crippen molar-refractivity contribution in [3.8, 4) is 5.75 Å². The van der Waals surface area contributed by atoms with Crippen LogP contribution in [0.4, 0.5) is 0 Å². The van der Waals surface area contributed by atoms with Crippen molar-refractivity contribution in [2.75, 3.05) is 6.54 Å². The largest absolute Gasteiger partial charge is 0.506 e. The number of hydrogen-bond acceptors (Lipinski definition) is 4. The zero-order valence-corrected chi connectivity index (χ0v) is 10.1. The molecule has 0 aliphatic rings. The molecule has 0 spiro atoms. The van der Waals surface area contributed by atoms with Gasteiger partial charge in [-0.1, -0.05) is 6.92 Å². The lowest BCUT2D eigenvalue weighted by Gasteiger charge is -2.21. The molecule has 1 rings (SSSR count). The summed E-state index contributed by atoms with van der Waals surface area (Å²) in [6.07, 6.45) is 0.688. The molecule has 0 aliphatic carbocycles. The molecule has 0 fully saturated rings. The number of aromatic nitrogens is 1. The number of nitrogens with zero attached hydrogens (tertiary/aromatic N) is 1. The van der Waals surface area contributed by atoms with Crippen LogP contribution >= 0.6 is 0 Å². The minimum atomic E-state index is -0.709. The summed E-state index contributed by atoms with van der Waals surface area (Å²) in [5, 5.41) is 22.4. The van der Waals surface area contributed by atoms with Crippen LogP contribution in [0.5, 0.6) is 5.75 Å². The van der Waals surface area contributed by atoms with E-state index in [1.807, 2.05) is 13.8 Å². The lowest BCUT2D eigenvalue weighted by Crippen LogP contribution is -2.36. The summed E-state index contributed by atoms with van der Waals surface area (Å²) in [5.74, 6) is 0.189. The third kappa shape index (κ3) is 3.79. The highest BCUT2D eigenvalue weighted by Gasteiger charge is 2.16. The van der Waals surface area contributed by atoms with E-state index in [0.717, 1.165) is 5.69 Å². The Bertz CT molecular complexity index is 351. The molecular formula is C12H20N2O2. The van der Waals surface area contributed by atoms with Crippen LogP contribution in [-0.4, -0.2) is 27.3 Å². The summed E-state index contributed by atoms with van der Waals surface area (Å²) >= 11 is 0. The Morgan fingerprint density at radius 1 is 1.44 bits per heavy atom. The number of rotatable bonds is 5. The van der Waals surface area contributed by atoms with E-state index in [4.69, 9.17) is 0 Å². The van der Waals surface area contributed by atoms with Gasteiger partial charge < -0.3 is 15.5 Å². The Morgan fingerprint density at radius 3 is 2.75 bits per heavy atom. The van der Waals surface area contributed by atoms with Crippen molar-refractivity contribution in [2.24, 2.45) is 0 Å². The van der Waals surface area contributed by atoms with E-state index in [1.165, 1.54) is 0 Å². The van der Waals surface area contributed by atoms with Gasteiger partial charge in [0.2, 0.25) is 0 Å². The van der Waals surface area contributed by atoms with Crippen LogP contribution in [0.3, 0.4) is 0 Å². The van der Waals surface area contributed by atoms with Crippen molar-refractivity contribution >= 4 is 0 Å². The lowest BCUT2D eigenvalue weighted by molar-refractivity contribution is 0.0554.